The number of hydrogen-bond donors (Lipinski definition) is 0. The molecule has 2 heterocycles. The van der Waals surface area contributed by atoms with Gasteiger partial charge in [0.1, 0.15) is 36.1 Å². The number of carbonyl (C=O) groups excluding carboxylic acids is 1. The molecule has 6 heteroatoms. The van der Waals surface area contributed by atoms with Crippen LogP contribution in [0, 0.1) is 0 Å². The lowest BCUT2D eigenvalue weighted by molar-refractivity contribution is -0.139. The molecule has 3 aromatic rings. The number of rotatable bonds is 8. The zero-order valence-electron chi connectivity index (χ0n) is 19.1. The van der Waals surface area contributed by atoms with Gasteiger partial charge in [0.15, 0.2) is 0 Å². The first-order valence-corrected chi connectivity index (χ1v) is 11.5. The molecule has 0 radical (unpaired) electrons. The quantitative estimate of drug-likeness (QED) is 0.468. The van der Waals surface area contributed by atoms with Crippen molar-refractivity contribution >= 4 is 5.97 Å². The van der Waals surface area contributed by atoms with E-state index in [1.807, 2.05) is 84.9 Å². The van der Waals surface area contributed by atoms with E-state index >= 15 is 0 Å². The molecule has 34 heavy (non-hydrogen) atoms. The van der Waals surface area contributed by atoms with Crippen LogP contribution in [0.5, 0.6) is 5.75 Å². The summed E-state index contributed by atoms with van der Waals surface area (Å²) in [6, 6.07) is 27.4. The third-order valence-corrected chi connectivity index (χ3v) is 6.51. The minimum atomic E-state index is -0.987. The molecule has 0 unspecified atom stereocenters. The molecule has 0 aromatic heterocycles. The summed E-state index contributed by atoms with van der Waals surface area (Å²) < 4.78 is 30.1. The zero-order valence-corrected chi connectivity index (χ0v) is 19.1. The number of hydrogen-bond acceptors (Lipinski definition) is 6. The summed E-state index contributed by atoms with van der Waals surface area (Å²) >= 11 is 0. The Balaban J connectivity index is 1.44. The van der Waals surface area contributed by atoms with Gasteiger partial charge in [0.05, 0.1) is 26.9 Å². The molecular weight excluding hydrogens is 432 g/mol. The standard InChI is InChI=1S/C28H28O6/c1-30-23-14-8-13-22(15-23)25-27(29)33-19-28(25)26(32-17-21-11-6-3-7-12-21)24(18-34-28)31-16-20-9-4-2-5-10-20/h2-15,24-26H,16-19H2,1H3/t24-,25-,26+,28+/m1/s1. The van der Waals surface area contributed by atoms with Crippen LogP contribution in [0.2, 0.25) is 0 Å². The van der Waals surface area contributed by atoms with E-state index in [2.05, 4.69) is 0 Å². The van der Waals surface area contributed by atoms with Crippen LogP contribution in [0.3, 0.4) is 0 Å². The maximum absolute atomic E-state index is 13.0. The van der Waals surface area contributed by atoms with Gasteiger partial charge in [-0.1, -0.05) is 72.8 Å². The fraction of sp³-hybridized carbons (Fsp3) is 0.321. The topological polar surface area (TPSA) is 63.2 Å². The van der Waals surface area contributed by atoms with Crippen molar-refractivity contribution in [3.8, 4) is 5.75 Å². The molecule has 0 bridgehead atoms. The Morgan fingerprint density at radius 1 is 0.882 bits per heavy atom. The van der Waals surface area contributed by atoms with Gasteiger partial charge < -0.3 is 23.7 Å². The number of esters is 1. The van der Waals surface area contributed by atoms with E-state index in [1.54, 1.807) is 7.11 Å². The lowest BCUT2D eigenvalue weighted by atomic mass is 9.80. The van der Waals surface area contributed by atoms with Crippen LogP contribution < -0.4 is 4.74 Å². The van der Waals surface area contributed by atoms with Crippen molar-refractivity contribution in [1.82, 2.24) is 0 Å². The minimum Gasteiger partial charge on any atom is -0.497 e. The first kappa shape index (κ1) is 22.6. The minimum absolute atomic E-state index is 0.109. The Labute approximate surface area is 199 Å². The Bertz CT molecular complexity index is 1100. The highest BCUT2D eigenvalue weighted by atomic mass is 16.6. The van der Waals surface area contributed by atoms with Crippen LogP contribution >= 0.6 is 0 Å². The number of benzene rings is 3. The summed E-state index contributed by atoms with van der Waals surface area (Å²) in [5.74, 6) is -0.303. The Morgan fingerprint density at radius 2 is 1.56 bits per heavy atom. The van der Waals surface area contributed by atoms with Crippen LogP contribution in [0.1, 0.15) is 22.6 Å². The molecule has 6 nitrogen and oxygen atoms in total. The summed E-state index contributed by atoms with van der Waals surface area (Å²) in [4.78, 5) is 13.0. The van der Waals surface area contributed by atoms with Crippen molar-refractivity contribution < 1.29 is 28.5 Å². The summed E-state index contributed by atoms with van der Waals surface area (Å²) in [7, 11) is 1.60. The van der Waals surface area contributed by atoms with Crippen molar-refractivity contribution in [2.24, 2.45) is 0 Å². The number of cyclic esters (lactones) is 1. The Morgan fingerprint density at radius 3 is 2.24 bits per heavy atom. The molecule has 2 aliphatic heterocycles. The molecule has 0 saturated carbocycles. The molecule has 1 spiro atoms. The highest BCUT2D eigenvalue weighted by Crippen LogP contribution is 2.47. The molecule has 176 valence electrons. The van der Waals surface area contributed by atoms with Gasteiger partial charge in [0.2, 0.25) is 0 Å². The second-order valence-corrected chi connectivity index (χ2v) is 8.64. The monoisotopic (exact) mass is 460 g/mol. The van der Waals surface area contributed by atoms with Gasteiger partial charge in [-0.05, 0) is 28.8 Å². The predicted octanol–water partition coefficient (Wildman–Crippen LogP) is 4.28. The second kappa shape index (κ2) is 9.97. The van der Waals surface area contributed by atoms with E-state index in [9.17, 15) is 4.79 Å². The molecule has 2 aliphatic rings. The average Bonchev–Trinajstić information content (AvgIpc) is 3.41. The van der Waals surface area contributed by atoms with Crippen LogP contribution in [-0.4, -0.2) is 44.1 Å². The van der Waals surface area contributed by atoms with Gasteiger partial charge in [0, 0.05) is 0 Å². The van der Waals surface area contributed by atoms with E-state index in [1.165, 1.54) is 0 Å². The van der Waals surface area contributed by atoms with Gasteiger partial charge in [-0.3, -0.25) is 4.79 Å². The summed E-state index contributed by atoms with van der Waals surface area (Å²) in [6.07, 6.45) is -0.856. The summed E-state index contributed by atoms with van der Waals surface area (Å²) in [5.41, 5.74) is 1.89. The molecular formula is C28H28O6. The van der Waals surface area contributed by atoms with E-state index in [0.717, 1.165) is 16.7 Å². The van der Waals surface area contributed by atoms with Crippen LogP contribution in [-0.2, 0) is 37.0 Å². The fourth-order valence-electron chi connectivity index (χ4n) is 4.80. The highest BCUT2D eigenvalue weighted by Gasteiger charge is 2.63. The molecule has 0 N–H and O–H groups in total. The summed E-state index contributed by atoms with van der Waals surface area (Å²) in [5, 5.41) is 0. The lowest BCUT2D eigenvalue weighted by Gasteiger charge is -2.34. The number of ether oxygens (including phenoxy) is 5. The van der Waals surface area contributed by atoms with E-state index < -0.39 is 17.6 Å². The van der Waals surface area contributed by atoms with Crippen molar-refractivity contribution in [1.29, 1.82) is 0 Å². The van der Waals surface area contributed by atoms with Gasteiger partial charge in [-0.25, -0.2) is 0 Å². The smallest absolute Gasteiger partial charge is 0.316 e. The molecule has 2 saturated heterocycles. The number of carbonyl (C=O) groups is 1. The maximum atomic E-state index is 13.0. The average molecular weight is 461 g/mol. The van der Waals surface area contributed by atoms with Gasteiger partial charge >= 0.3 is 5.97 Å². The highest BCUT2D eigenvalue weighted by molar-refractivity contribution is 5.83. The first-order chi connectivity index (χ1) is 16.7. The maximum Gasteiger partial charge on any atom is 0.316 e. The van der Waals surface area contributed by atoms with Crippen LogP contribution in [0.25, 0.3) is 0 Å². The van der Waals surface area contributed by atoms with Crippen molar-refractivity contribution in [3.05, 3.63) is 102 Å². The van der Waals surface area contributed by atoms with E-state index in [4.69, 9.17) is 23.7 Å². The second-order valence-electron chi connectivity index (χ2n) is 8.64. The van der Waals surface area contributed by atoms with Crippen molar-refractivity contribution in [2.75, 3.05) is 20.3 Å². The number of methoxy groups -OCH3 is 1. The van der Waals surface area contributed by atoms with E-state index in [0.29, 0.717) is 25.6 Å². The van der Waals surface area contributed by atoms with E-state index in [-0.39, 0.29) is 18.7 Å². The van der Waals surface area contributed by atoms with Gasteiger partial charge in [-0.15, -0.1) is 0 Å². The Kier molecular flexibility index (Phi) is 6.63. The summed E-state index contributed by atoms with van der Waals surface area (Å²) in [6.45, 7) is 1.22. The van der Waals surface area contributed by atoms with Crippen LogP contribution in [0.15, 0.2) is 84.9 Å². The normalized spacial score (nSPS) is 26.0. The molecule has 0 amide bonds. The predicted molar refractivity (Wildman–Crippen MR) is 125 cm³/mol. The van der Waals surface area contributed by atoms with Crippen molar-refractivity contribution in [3.63, 3.8) is 0 Å². The zero-order chi connectivity index (χ0) is 23.4. The molecule has 4 atom stereocenters. The first-order valence-electron chi connectivity index (χ1n) is 11.5. The third kappa shape index (κ3) is 4.44. The third-order valence-electron chi connectivity index (χ3n) is 6.51. The molecule has 3 aromatic carbocycles. The van der Waals surface area contributed by atoms with Crippen molar-refractivity contribution in [2.45, 2.75) is 36.9 Å². The molecule has 0 aliphatic carbocycles. The fourth-order valence-corrected chi connectivity index (χ4v) is 4.80. The van der Waals surface area contributed by atoms with Crippen LogP contribution in [0.4, 0.5) is 0 Å². The molecule has 5 rings (SSSR count). The SMILES string of the molecule is COc1cccc([C@@H]2C(=O)OC[C@]23OC[C@@H](OCc2ccccc2)[C@@H]3OCc2ccccc2)c1. The largest absolute Gasteiger partial charge is 0.497 e. The lowest BCUT2D eigenvalue weighted by Crippen LogP contribution is -2.50. The molecule has 2 fully saturated rings. The van der Waals surface area contributed by atoms with Gasteiger partial charge in [-0.2, -0.15) is 0 Å². The van der Waals surface area contributed by atoms with Gasteiger partial charge in [0.25, 0.3) is 0 Å². The Hall–Kier alpha value is -3.19.